The number of hydrogen-bond donors (Lipinski definition) is 1. The molecule has 1 saturated heterocycles. The summed E-state index contributed by atoms with van der Waals surface area (Å²) in [7, 11) is 2.00. The molecule has 3 heteroatoms. The van der Waals surface area contributed by atoms with E-state index in [1.807, 2.05) is 30.1 Å². The average molecular weight is 274 g/mol. The molecule has 0 spiro atoms. The van der Waals surface area contributed by atoms with E-state index in [1.54, 1.807) is 0 Å². The molecule has 110 valence electrons. The predicted octanol–water partition coefficient (Wildman–Crippen LogP) is 2.77. The van der Waals surface area contributed by atoms with Gasteiger partial charge in [-0.05, 0) is 75.9 Å². The van der Waals surface area contributed by atoms with Crippen molar-refractivity contribution in [3.8, 4) is 0 Å². The van der Waals surface area contributed by atoms with Gasteiger partial charge in [0.1, 0.15) is 0 Å². The molecule has 0 unspecified atom stereocenters. The molecule has 1 aromatic carbocycles. The molecular weight excluding hydrogens is 248 g/mol. The van der Waals surface area contributed by atoms with E-state index in [1.165, 1.54) is 17.5 Å². The van der Waals surface area contributed by atoms with Crippen LogP contribution in [0.25, 0.3) is 0 Å². The number of hydrogen-bond acceptors (Lipinski definition) is 2. The van der Waals surface area contributed by atoms with Gasteiger partial charge in [-0.15, -0.1) is 0 Å². The summed E-state index contributed by atoms with van der Waals surface area (Å²) < 4.78 is 0. The Morgan fingerprint density at radius 1 is 1.25 bits per heavy atom. The van der Waals surface area contributed by atoms with E-state index >= 15 is 0 Å². The van der Waals surface area contributed by atoms with Gasteiger partial charge in [-0.3, -0.25) is 4.79 Å². The molecule has 1 aliphatic rings. The molecule has 2 rings (SSSR count). The van der Waals surface area contributed by atoms with Gasteiger partial charge < -0.3 is 10.2 Å². The van der Waals surface area contributed by atoms with Crippen molar-refractivity contribution in [2.24, 2.45) is 5.92 Å². The lowest BCUT2D eigenvalue weighted by Crippen LogP contribution is -2.39. The molecule has 1 heterocycles. The largest absolute Gasteiger partial charge is 0.339 e. The lowest BCUT2D eigenvalue weighted by atomic mass is 9.93. The molecule has 3 nitrogen and oxygen atoms in total. The number of carbonyl (C=O) groups is 1. The van der Waals surface area contributed by atoms with Crippen molar-refractivity contribution in [3.63, 3.8) is 0 Å². The van der Waals surface area contributed by atoms with Crippen LogP contribution in [-0.4, -0.2) is 37.5 Å². The highest BCUT2D eigenvalue weighted by atomic mass is 16.2. The maximum atomic E-state index is 12.5. The fourth-order valence-corrected chi connectivity index (χ4v) is 2.83. The fraction of sp³-hybridized carbons (Fsp3) is 0.588. The first-order valence-corrected chi connectivity index (χ1v) is 7.63. The molecule has 0 radical (unpaired) electrons. The zero-order chi connectivity index (χ0) is 14.5. The van der Waals surface area contributed by atoms with Crippen LogP contribution in [0.1, 0.15) is 40.7 Å². The van der Waals surface area contributed by atoms with Crippen LogP contribution in [0.2, 0.25) is 0 Å². The van der Waals surface area contributed by atoms with E-state index in [0.29, 0.717) is 0 Å². The molecule has 1 fully saturated rings. The second-order valence-corrected chi connectivity index (χ2v) is 5.93. The smallest absolute Gasteiger partial charge is 0.253 e. The molecular formula is C17H26N2O. The minimum Gasteiger partial charge on any atom is -0.339 e. The monoisotopic (exact) mass is 274 g/mol. The highest BCUT2D eigenvalue weighted by Gasteiger charge is 2.23. The van der Waals surface area contributed by atoms with Crippen LogP contribution in [0, 0.1) is 19.8 Å². The first-order valence-electron chi connectivity index (χ1n) is 7.63. The minimum absolute atomic E-state index is 0.195. The molecule has 0 bridgehead atoms. The molecule has 1 N–H and O–H groups in total. The maximum Gasteiger partial charge on any atom is 0.253 e. The van der Waals surface area contributed by atoms with Crippen LogP contribution in [-0.2, 0) is 0 Å². The van der Waals surface area contributed by atoms with Gasteiger partial charge in [0, 0.05) is 18.7 Å². The van der Waals surface area contributed by atoms with Crippen molar-refractivity contribution >= 4 is 5.91 Å². The van der Waals surface area contributed by atoms with Crippen molar-refractivity contribution < 1.29 is 4.79 Å². The number of likely N-dealkylation sites (tertiary alicyclic amines) is 1. The third-order valence-electron chi connectivity index (χ3n) is 4.46. The fourth-order valence-electron chi connectivity index (χ4n) is 2.83. The maximum absolute atomic E-state index is 12.5. The van der Waals surface area contributed by atoms with Crippen molar-refractivity contribution in [1.29, 1.82) is 0 Å². The number of carbonyl (C=O) groups excluding carboxylic acids is 1. The summed E-state index contributed by atoms with van der Waals surface area (Å²) in [5, 5.41) is 3.21. The normalized spacial score (nSPS) is 16.4. The molecule has 0 atom stereocenters. The van der Waals surface area contributed by atoms with Crippen molar-refractivity contribution in [3.05, 3.63) is 34.9 Å². The molecule has 0 aromatic heterocycles. The summed E-state index contributed by atoms with van der Waals surface area (Å²) in [5.74, 6) is 0.964. The quantitative estimate of drug-likeness (QED) is 0.915. The first kappa shape index (κ1) is 15.0. The SMILES string of the molecule is CNCCC1CCN(C(=O)c2ccc(C)c(C)c2)CC1. The van der Waals surface area contributed by atoms with E-state index in [0.717, 1.165) is 44.0 Å². The average Bonchev–Trinajstić information content (AvgIpc) is 2.48. The molecule has 0 saturated carbocycles. The molecule has 0 aliphatic carbocycles. The summed E-state index contributed by atoms with van der Waals surface area (Å²) in [4.78, 5) is 14.5. The topological polar surface area (TPSA) is 32.3 Å². The zero-order valence-corrected chi connectivity index (χ0v) is 12.9. The lowest BCUT2D eigenvalue weighted by molar-refractivity contribution is 0.0687. The number of benzene rings is 1. The Hall–Kier alpha value is -1.35. The van der Waals surface area contributed by atoms with Gasteiger partial charge in [-0.1, -0.05) is 6.07 Å². The van der Waals surface area contributed by atoms with Gasteiger partial charge in [-0.2, -0.15) is 0 Å². The summed E-state index contributed by atoms with van der Waals surface area (Å²) in [5.41, 5.74) is 3.27. The summed E-state index contributed by atoms with van der Waals surface area (Å²) in [6.45, 7) is 7.03. The van der Waals surface area contributed by atoms with Gasteiger partial charge in [0.25, 0.3) is 5.91 Å². The number of nitrogens with one attached hydrogen (secondary N) is 1. The van der Waals surface area contributed by atoms with Crippen LogP contribution in [0.5, 0.6) is 0 Å². The van der Waals surface area contributed by atoms with Crippen molar-refractivity contribution in [1.82, 2.24) is 10.2 Å². The van der Waals surface area contributed by atoms with E-state index < -0.39 is 0 Å². The standard InChI is InChI=1S/C17H26N2O/c1-13-4-5-16(12-14(13)2)17(20)19-10-7-15(8-11-19)6-9-18-3/h4-5,12,15,18H,6-11H2,1-3H3. The third-order valence-corrected chi connectivity index (χ3v) is 4.46. The van der Waals surface area contributed by atoms with E-state index in [-0.39, 0.29) is 5.91 Å². The summed E-state index contributed by atoms with van der Waals surface area (Å²) in [6, 6.07) is 6.02. The van der Waals surface area contributed by atoms with Gasteiger partial charge >= 0.3 is 0 Å². The predicted molar refractivity (Wildman–Crippen MR) is 83.1 cm³/mol. The number of rotatable bonds is 4. The first-order chi connectivity index (χ1) is 9.61. The molecule has 1 aliphatic heterocycles. The highest BCUT2D eigenvalue weighted by Crippen LogP contribution is 2.22. The number of aryl methyl sites for hydroxylation is 2. The van der Waals surface area contributed by atoms with Crippen LogP contribution in [0.3, 0.4) is 0 Å². The second kappa shape index (κ2) is 6.89. The summed E-state index contributed by atoms with van der Waals surface area (Å²) >= 11 is 0. The Bertz CT molecular complexity index is 462. The second-order valence-electron chi connectivity index (χ2n) is 5.93. The van der Waals surface area contributed by atoms with Gasteiger partial charge in [0.2, 0.25) is 0 Å². The lowest BCUT2D eigenvalue weighted by Gasteiger charge is -2.32. The number of piperidine rings is 1. The Morgan fingerprint density at radius 3 is 2.55 bits per heavy atom. The molecule has 20 heavy (non-hydrogen) atoms. The third kappa shape index (κ3) is 3.60. The Morgan fingerprint density at radius 2 is 1.95 bits per heavy atom. The van der Waals surface area contributed by atoms with Crippen molar-refractivity contribution in [2.75, 3.05) is 26.7 Å². The van der Waals surface area contributed by atoms with Gasteiger partial charge in [0.05, 0.1) is 0 Å². The van der Waals surface area contributed by atoms with E-state index in [4.69, 9.17) is 0 Å². The summed E-state index contributed by atoms with van der Waals surface area (Å²) in [6.07, 6.45) is 3.50. The van der Waals surface area contributed by atoms with Gasteiger partial charge in [0.15, 0.2) is 0 Å². The Balaban J connectivity index is 1.92. The van der Waals surface area contributed by atoms with Gasteiger partial charge in [-0.25, -0.2) is 0 Å². The number of nitrogens with zero attached hydrogens (tertiary/aromatic N) is 1. The van der Waals surface area contributed by atoms with Crippen molar-refractivity contribution in [2.45, 2.75) is 33.1 Å². The van der Waals surface area contributed by atoms with E-state index in [9.17, 15) is 4.79 Å². The molecule has 1 amide bonds. The van der Waals surface area contributed by atoms with Crippen LogP contribution in [0.4, 0.5) is 0 Å². The Kier molecular flexibility index (Phi) is 5.18. The van der Waals surface area contributed by atoms with Crippen LogP contribution in [0.15, 0.2) is 18.2 Å². The van der Waals surface area contributed by atoms with Crippen LogP contribution < -0.4 is 5.32 Å². The zero-order valence-electron chi connectivity index (χ0n) is 12.9. The Labute approximate surface area is 122 Å². The van der Waals surface area contributed by atoms with Crippen LogP contribution >= 0.6 is 0 Å². The van der Waals surface area contributed by atoms with E-state index in [2.05, 4.69) is 19.2 Å². The minimum atomic E-state index is 0.195. The number of amides is 1. The molecule has 1 aromatic rings. The highest BCUT2D eigenvalue weighted by molar-refractivity contribution is 5.94.